The van der Waals surface area contributed by atoms with Crippen molar-refractivity contribution < 1.29 is 95.1 Å². The van der Waals surface area contributed by atoms with Crippen LogP contribution in [0.15, 0.2) is 42.6 Å². The summed E-state index contributed by atoms with van der Waals surface area (Å²) < 4.78 is 71.9. The number of nitrogens with one attached hydrogen (secondary N) is 4. The van der Waals surface area contributed by atoms with Crippen molar-refractivity contribution in [1.29, 1.82) is 0 Å². The molecule has 1 aliphatic rings. The fourth-order valence-corrected chi connectivity index (χ4v) is 7.31. The molecule has 1 aliphatic heterocycles. The molecule has 1 aromatic heterocycles. The van der Waals surface area contributed by atoms with Gasteiger partial charge in [-0.05, 0) is 36.5 Å². The number of anilines is 1. The van der Waals surface area contributed by atoms with Gasteiger partial charge in [-0.15, -0.1) is 5.10 Å². The summed E-state index contributed by atoms with van der Waals surface area (Å²) in [5.74, 6) is -4.21. The number of carbonyl (C=O) groups is 7. The second-order valence-electron chi connectivity index (χ2n) is 18.5. The van der Waals surface area contributed by atoms with Gasteiger partial charge in [0.25, 0.3) is 11.8 Å². The van der Waals surface area contributed by atoms with E-state index in [0.29, 0.717) is 150 Å². The number of imide groups is 1. The monoisotopic (exact) mass is 1180 g/mol. The lowest BCUT2D eigenvalue weighted by Gasteiger charge is -2.27. The van der Waals surface area contributed by atoms with Crippen molar-refractivity contribution in [2.24, 2.45) is 11.7 Å². The predicted molar refractivity (Wildman–Crippen MR) is 295 cm³/mol. The lowest BCUT2D eigenvalue weighted by atomic mass is 10.0. The molecular weight excluding hydrogens is 1090 g/mol. The van der Waals surface area contributed by atoms with Crippen LogP contribution in [0.25, 0.3) is 0 Å². The average molecular weight is 1180 g/mol. The van der Waals surface area contributed by atoms with Crippen LogP contribution in [0.5, 0.6) is 0 Å². The van der Waals surface area contributed by atoms with Gasteiger partial charge < -0.3 is 88.6 Å². The molecule has 0 spiro atoms. The Morgan fingerprint density at radius 2 is 1.05 bits per heavy atom. The van der Waals surface area contributed by atoms with Crippen LogP contribution < -0.4 is 27.0 Å². The maximum Gasteiger partial charge on any atom is 0.312 e. The minimum atomic E-state index is -1.19. The van der Waals surface area contributed by atoms with E-state index in [1.54, 1.807) is 45.2 Å². The van der Waals surface area contributed by atoms with Crippen molar-refractivity contribution >= 4 is 47.2 Å². The van der Waals surface area contributed by atoms with Gasteiger partial charge in [-0.25, -0.2) is 9.48 Å². The number of esters is 1. The lowest BCUT2D eigenvalue weighted by molar-refractivity contribution is -0.143. The molecular formula is C54H87N9O20. The summed E-state index contributed by atoms with van der Waals surface area (Å²) >= 11 is 0. The SMILES string of the molecule is COCCOCCOCCOCCOCCOCCOCCOCCOCCOCCOCCOCCn1cc([C@H](CC(=O)N[C@H](C(=O)N[C@@H](CCCNC(N)=O)C(=O)Nc2ccc(COC(C)=O)cc2)C(C)C)N2C(=O)C=CC2=O)nn1. The van der Waals surface area contributed by atoms with Gasteiger partial charge in [0, 0.05) is 38.4 Å². The molecule has 0 saturated heterocycles. The van der Waals surface area contributed by atoms with E-state index in [1.165, 1.54) is 17.8 Å². The largest absolute Gasteiger partial charge is 0.461 e. The van der Waals surface area contributed by atoms with Crippen molar-refractivity contribution in [3.63, 3.8) is 0 Å². The van der Waals surface area contributed by atoms with Crippen LogP contribution in [0.4, 0.5) is 10.5 Å². The van der Waals surface area contributed by atoms with Crippen molar-refractivity contribution in [2.45, 2.75) is 71.3 Å². The number of carbonyl (C=O) groups excluding carboxylic acids is 7. The Balaban J connectivity index is 1.26. The second-order valence-corrected chi connectivity index (χ2v) is 18.5. The summed E-state index contributed by atoms with van der Waals surface area (Å²) in [5.41, 5.74) is 6.42. The van der Waals surface area contributed by atoms with Crippen molar-refractivity contribution in [3.05, 3.63) is 53.9 Å². The number of nitrogens with two attached hydrogens (primary N) is 1. The van der Waals surface area contributed by atoms with Crippen LogP contribution in [0, 0.1) is 5.92 Å². The molecule has 468 valence electrons. The normalized spacial score (nSPS) is 13.3. The van der Waals surface area contributed by atoms with E-state index in [4.69, 9.17) is 67.3 Å². The Kier molecular flexibility index (Phi) is 38.9. The van der Waals surface area contributed by atoms with Crippen molar-refractivity contribution in [1.82, 2.24) is 35.8 Å². The molecule has 7 amide bonds. The predicted octanol–water partition coefficient (Wildman–Crippen LogP) is 0.239. The van der Waals surface area contributed by atoms with Gasteiger partial charge in [-0.2, -0.15) is 0 Å². The number of ether oxygens (including phenoxy) is 13. The average Bonchev–Trinajstić information content (AvgIpc) is 4.05. The third-order valence-corrected chi connectivity index (χ3v) is 11.6. The first-order valence-electron chi connectivity index (χ1n) is 27.7. The molecule has 0 radical (unpaired) electrons. The highest BCUT2D eigenvalue weighted by molar-refractivity contribution is 6.13. The molecule has 0 fully saturated rings. The standard InChI is InChI=1S/C54H87N9O20/c1-41(2)51(53(69)58-45(6-5-13-56-54(55)70)52(68)57-44-9-7-43(8-10-44)40-83-42(3)64)59-48(65)38-47(63-49(66)11-12-50(63)67)46-39-62(61-60-46)14-15-72-18-19-74-22-23-76-26-27-78-30-31-80-34-35-82-37-36-81-33-32-79-29-28-77-25-24-75-21-20-73-17-16-71-4/h7-12,39,41,45,47,51H,5-6,13-38,40H2,1-4H3,(H,57,68)(H,58,69)(H,59,65)(H3,55,56,70)/t45-,47-,51-/m0/s1. The first-order chi connectivity index (χ1) is 40.3. The highest BCUT2D eigenvalue weighted by Gasteiger charge is 2.37. The van der Waals surface area contributed by atoms with Gasteiger partial charge in [0.2, 0.25) is 17.7 Å². The van der Waals surface area contributed by atoms with E-state index in [9.17, 15) is 33.6 Å². The van der Waals surface area contributed by atoms with E-state index in [0.717, 1.165) is 17.1 Å². The molecule has 1 aromatic carbocycles. The number of aromatic nitrogens is 3. The number of primary amides is 1. The maximum atomic E-state index is 13.9. The molecule has 83 heavy (non-hydrogen) atoms. The minimum absolute atomic E-state index is 0.0470. The van der Waals surface area contributed by atoms with Crippen LogP contribution in [0.1, 0.15) is 57.3 Å². The minimum Gasteiger partial charge on any atom is -0.461 e. The number of hydrogen-bond acceptors (Lipinski definition) is 22. The first kappa shape index (κ1) is 71.2. The number of hydrogen-bond donors (Lipinski definition) is 5. The summed E-state index contributed by atoms with van der Waals surface area (Å²) in [4.78, 5) is 90.4. The molecule has 0 aliphatic carbocycles. The van der Waals surface area contributed by atoms with Crippen LogP contribution in [-0.4, -0.2) is 239 Å². The van der Waals surface area contributed by atoms with E-state index in [1.807, 2.05) is 0 Å². The molecule has 0 saturated carbocycles. The maximum absolute atomic E-state index is 13.9. The first-order valence-corrected chi connectivity index (χ1v) is 27.7. The molecule has 0 bridgehead atoms. The summed E-state index contributed by atoms with van der Waals surface area (Å²) in [7, 11) is 1.63. The van der Waals surface area contributed by atoms with Crippen molar-refractivity contribution in [3.8, 4) is 0 Å². The van der Waals surface area contributed by atoms with Gasteiger partial charge in [-0.1, -0.05) is 31.2 Å². The topological polar surface area (TPSA) is 348 Å². The van der Waals surface area contributed by atoms with Gasteiger partial charge in [0.15, 0.2) is 0 Å². The van der Waals surface area contributed by atoms with Gasteiger partial charge in [0.05, 0.1) is 177 Å². The Bertz CT molecular complexity index is 2150. The molecule has 3 rings (SSSR count). The molecule has 29 nitrogen and oxygen atoms in total. The number of benzene rings is 1. The molecule has 0 unspecified atom stereocenters. The van der Waals surface area contributed by atoms with Crippen molar-refractivity contribution in [2.75, 3.05) is 171 Å². The Labute approximate surface area is 484 Å². The second kappa shape index (κ2) is 45.4. The summed E-state index contributed by atoms with van der Waals surface area (Å²) in [6.45, 7) is 15.2. The molecule has 29 heteroatoms. The zero-order valence-electron chi connectivity index (χ0n) is 48.4. The van der Waals surface area contributed by atoms with Crippen LogP contribution in [0.2, 0.25) is 0 Å². The quantitative estimate of drug-likeness (QED) is 0.0336. The zero-order chi connectivity index (χ0) is 60.1. The summed E-state index contributed by atoms with van der Waals surface area (Å²) in [6, 6.07) is 2.31. The highest BCUT2D eigenvalue weighted by Crippen LogP contribution is 2.26. The number of rotatable bonds is 52. The smallest absolute Gasteiger partial charge is 0.312 e. The molecule has 2 aromatic rings. The van der Waals surface area contributed by atoms with E-state index >= 15 is 0 Å². The van der Waals surface area contributed by atoms with Gasteiger partial charge in [0.1, 0.15) is 24.4 Å². The van der Waals surface area contributed by atoms with E-state index in [-0.39, 0.29) is 51.4 Å². The van der Waals surface area contributed by atoms with E-state index < -0.39 is 72.0 Å². The fraction of sp³-hybridized carbons (Fsp3) is 0.685. The Morgan fingerprint density at radius 3 is 1.47 bits per heavy atom. The Morgan fingerprint density at radius 1 is 0.602 bits per heavy atom. The van der Waals surface area contributed by atoms with Crippen LogP contribution >= 0.6 is 0 Å². The third-order valence-electron chi connectivity index (χ3n) is 11.6. The number of nitrogens with zero attached hydrogens (tertiary/aromatic N) is 4. The Hall–Kier alpha value is -6.09. The zero-order valence-corrected chi connectivity index (χ0v) is 48.4. The number of urea groups is 1. The molecule has 2 heterocycles. The fourth-order valence-electron chi connectivity index (χ4n) is 7.31. The summed E-state index contributed by atoms with van der Waals surface area (Å²) in [6.07, 6.45) is 3.54. The lowest BCUT2D eigenvalue weighted by Crippen LogP contribution is -2.55. The highest BCUT2D eigenvalue weighted by atomic mass is 16.6. The third kappa shape index (κ3) is 33.7. The number of amides is 7. The number of methoxy groups -OCH3 is 1. The summed E-state index contributed by atoms with van der Waals surface area (Å²) in [5, 5.41) is 18.9. The molecule has 6 N–H and O–H groups in total. The van der Waals surface area contributed by atoms with Gasteiger partial charge >= 0.3 is 12.0 Å². The van der Waals surface area contributed by atoms with E-state index in [2.05, 4.69) is 31.6 Å². The van der Waals surface area contributed by atoms with Gasteiger partial charge in [-0.3, -0.25) is 33.7 Å². The molecule has 3 atom stereocenters. The van der Waals surface area contributed by atoms with Crippen LogP contribution in [-0.2, 0) is 103 Å². The van der Waals surface area contributed by atoms with Crippen LogP contribution in [0.3, 0.4) is 0 Å².